The standard InChI is InChI=1S/C10H13ClO2/c1-8(12-2)13-10-5-3-9(7-11)4-6-10/h3-6,8H,7H2,1-2H3. The third-order valence-corrected chi connectivity index (χ3v) is 2.02. The van der Waals surface area contributed by atoms with Crippen LogP contribution in [0.25, 0.3) is 0 Å². The highest BCUT2D eigenvalue weighted by atomic mass is 35.5. The minimum atomic E-state index is -0.221. The first kappa shape index (κ1) is 10.4. The first-order valence-corrected chi connectivity index (χ1v) is 4.64. The van der Waals surface area contributed by atoms with Crippen LogP contribution in [0.15, 0.2) is 24.3 Å². The Morgan fingerprint density at radius 2 is 1.92 bits per heavy atom. The van der Waals surface area contributed by atoms with Crippen LogP contribution in [0, 0.1) is 0 Å². The summed E-state index contributed by atoms with van der Waals surface area (Å²) in [7, 11) is 1.61. The first-order valence-electron chi connectivity index (χ1n) is 4.10. The number of hydrogen-bond donors (Lipinski definition) is 0. The maximum absolute atomic E-state index is 5.65. The van der Waals surface area contributed by atoms with E-state index in [4.69, 9.17) is 21.1 Å². The van der Waals surface area contributed by atoms with Crippen molar-refractivity contribution in [3.63, 3.8) is 0 Å². The van der Waals surface area contributed by atoms with Crippen LogP contribution in [-0.4, -0.2) is 13.4 Å². The molecule has 1 aromatic rings. The van der Waals surface area contributed by atoms with E-state index >= 15 is 0 Å². The molecule has 0 saturated heterocycles. The Morgan fingerprint density at radius 1 is 1.31 bits per heavy atom. The highest BCUT2D eigenvalue weighted by Gasteiger charge is 2.00. The normalized spacial score (nSPS) is 12.5. The van der Waals surface area contributed by atoms with Gasteiger partial charge in [-0.3, -0.25) is 0 Å². The van der Waals surface area contributed by atoms with Gasteiger partial charge >= 0.3 is 0 Å². The molecule has 72 valence electrons. The number of hydrogen-bond acceptors (Lipinski definition) is 2. The minimum absolute atomic E-state index is 0.221. The highest BCUT2D eigenvalue weighted by Crippen LogP contribution is 2.14. The summed E-state index contributed by atoms with van der Waals surface area (Å²) in [5, 5.41) is 0. The molecule has 13 heavy (non-hydrogen) atoms. The highest BCUT2D eigenvalue weighted by molar-refractivity contribution is 6.17. The molecule has 0 N–H and O–H groups in total. The molecule has 0 bridgehead atoms. The van der Waals surface area contributed by atoms with Gasteiger partial charge in [0.2, 0.25) is 0 Å². The van der Waals surface area contributed by atoms with E-state index in [0.29, 0.717) is 5.88 Å². The number of halogens is 1. The second-order valence-corrected chi connectivity index (χ2v) is 2.97. The van der Waals surface area contributed by atoms with Crippen LogP contribution in [0.4, 0.5) is 0 Å². The predicted molar refractivity (Wildman–Crippen MR) is 53.1 cm³/mol. The molecule has 1 unspecified atom stereocenters. The summed E-state index contributed by atoms with van der Waals surface area (Å²) in [5.41, 5.74) is 1.08. The Balaban J connectivity index is 2.58. The van der Waals surface area contributed by atoms with Crippen molar-refractivity contribution in [2.45, 2.75) is 19.1 Å². The zero-order valence-corrected chi connectivity index (χ0v) is 8.54. The van der Waals surface area contributed by atoms with Gasteiger partial charge in [-0.25, -0.2) is 0 Å². The van der Waals surface area contributed by atoms with E-state index in [1.165, 1.54) is 0 Å². The van der Waals surface area contributed by atoms with E-state index in [-0.39, 0.29) is 6.29 Å². The molecule has 0 amide bonds. The van der Waals surface area contributed by atoms with Gasteiger partial charge < -0.3 is 9.47 Å². The number of rotatable bonds is 4. The molecular weight excluding hydrogens is 188 g/mol. The molecule has 1 atom stereocenters. The average Bonchev–Trinajstić information content (AvgIpc) is 2.19. The number of methoxy groups -OCH3 is 1. The van der Waals surface area contributed by atoms with Crippen molar-refractivity contribution in [2.24, 2.45) is 0 Å². The molecule has 1 rings (SSSR count). The van der Waals surface area contributed by atoms with Gasteiger partial charge in [0.05, 0.1) is 0 Å². The SMILES string of the molecule is COC(C)Oc1ccc(CCl)cc1. The maximum atomic E-state index is 5.65. The van der Waals surface area contributed by atoms with Crippen LogP contribution in [-0.2, 0) is 10.6 Å². The van der Waals surface area contributed by atoms with Crippen molar-refractivity contribution in [3.05, 3.63) is 29.8 Å². The summed E-state index contributed by atoms with van der Waals surface area (Å²) in [6.45, 7) is 1.84. The first-order chi connectivity index (χ1) is 6.26. The second kappa shape index (κ2) is 5.10. The van der Waals surface area contributed by atoms with E-state index in [9.17, 15) is 0 Å². The van der Waals surface area contributed by atoms with E-state index in [1.54, 1.807) is 7.11 Å². The van der Waals surface area contributed by atoms with Crippen LogP contribution in [0.2, 0.25) is 0 Å². The number of ether oxygens (including phenoxy) is 2. The van der Waals surface area contributed by atoms with Gasteiger partial charge in [0.25, 0.3) is 0 Å². The fraction of sp³-hybridized carbons (Fsp3) is 0.400. The van der Waals surface area contributed by atoms with Crippen molar-refractivity contribution < 1.29 is 9.47 Å². The fourth-order valence-electron chi connectivity index (χ4n) is 0.897. The van der Waals surface area contributed by atoms with Crippen LogP contribution >= 0.6 is 11.6 Å². The molecule has 0 radical (unpaired) electrons. The lowest BCUT2D eigenvalue weighted by molar-refractivity contribution is -0.0382. The largest absolute Gasteiger partial charge is 0.465 e. The Labute approximate surface area is 83.4 Å². The van der Waals surface area contributed by atoms with Gasteiger partial charge in [-0.2, -0.15) is 0 Å². The minimum Gasteiger partial charge on any atom is -0.465 e. The Kier molecular flexibility index (Phi) is 4.06. The van der Waals surface area contributed by atoms with E-state index in [2.05, 4.69) is 0 Å². The van der Waals surface area contributed by atoms with Gasteiger partial charge in [0.15, 0.2) is 6.29 Å². The lowest BCUT2D eigenvalue weighted by Gasteiger charge is -2.12. The lowest BCUT2D eigenvalue weighted by Crippen LogP contribution is -2.13. The molecule has 0 heterocycles. The summed E-state index contributed by atoms with van der Waals surface area (Å²) in [6.07, 6.45) is -0.221. The van der Waals surface area contributed by atoms with Crippen LogP contribution in [0.3, 0.4) is 0 Å². The number of alkyl halides is 1. The van der Waals surface area contributed by atoms with Crippen LogP contribution in [0.1, 0.15) is 12.5 Å². The van der Waals surface area contributed by atoms with Gasteiger partial charge in [-0.05, 0) is 24.6 Å². The lowest BCUT2D eigenvalue weighted by atomic mass is 10.2. The molecule has 1 aromatic carbocycles. The van der Waals surface area contributed by atoms with Gasteiger partial charge in [-0.15, -0.1) is 11.6 Å². The van der Waals surface area contributed by atoms with Crippen molar-refractivity contribution in [2.75, 3.05) is 7.11 Å². The van der Waals surface area contributed by atoms with Crippen molar-refractivity contribution >= 4 is 11.6 Å². The molecule has 0 aromatic heterocycles. The summed E-state index contributed by atoms with van der Waals surface area (Å²) in [6, 6.07) is 7.63. The molecule has 0 spiro atoms. The topological polar surface area (TPSA) is 18.5 Å². The summed E-state index contributed by atoms with van der Waals surface area (Å²) < 4.78 is 10.4. The van der Waals surface area contributed by atoms with E-state index < -0.39 is 0 Å². The van der Waals surface area contributed by atoms with Crippen molar-refractivity contribution in [1.82, 2.24) is 0 Å². The van der Waals surface area contributed by atoms with Gasteiger partial charge in [0.1, 0.15) is 5.75 Å². The third-order valence-electron chi connectivity index (χ3n) is 1.71. The molecule has 0 saturated carbocycles. The number of benzene rings is 1. The van der Waals surface area contributed by atoms with Crippen molar-refractivity contribution in [1.29, 1.82) is 0 Å². The molecule has 3 heteroatoms. The smallest absolute Gasteiger partial charge is 0.196 e. The predicted octanol–water partition coefficient (Wildman–Crippen LogP) is 2.80. The van der Waals surface area contributed by atoms with Crippen LogP contribution < -0.4 is 4.74 Å². The van der Waals surface area contributed by atoms with Gasteiger partial charge in [-0.1, -0.05) is 12.1 Å². The maximum Gasteiger partial charge on any atom is 0.196 e. The Morgan fingerprint density at radius 3 is 2.38 bits per heavy atom. The zero-order valence-electron chi connectivity index (χ0n) is 7.79. The Bertz CT molecular complexity index is 246. The van der Waals surface area contributed by atoms with Crippen molar-refractivity contribution in [3.8, 4) is 5.75 Å². The third kappa shape index (κ3) is 3.25. The molecule has 0 aliphatic rings. The zero-order chi connectivity index (χ0) is 9.68. The molecule has 2 nitrogen and oxygen atoms in total. The monoisotopic (exact) mass is 200 g/mol. The summed E-state index contributed by atoms with van der Waals surface area (Å²) in [5.74, 6) is 1.32. The summed E-state index contributed by atoms with van der Waals surface area (Å²) >= 11 is 5.65. The average molecular weight is 201 g/mol. The summed E-state index contributed by atoms with van der Waals surface area (Å²) in [4.78, 5) is 0. The molecule has 0 aliphatic carbocycles. The van der Waals surface area contributed by atoms with Gasteiger partial charge in [0, 0.05) is 13.0 Å². The second-order valence-electron chi connectivity index (χ2n) is 2.70. The fourth-order valence-corrected chi connectivity index (χ4v) is 1.08. The molecular formula is C10H13ClO2. The quantitative estimate of drug-likeness (QED) is 0.550. The van der Waals surface area contributed by atoms with Crippen LogP contribution in [0.5, 0.6) is 5.75 Å². The van der Waals surface area contributed by atoms with E-state index in [0.717, 1.165) is 11.3 Å². The Hall–Kier alpha value is -0.730. The molecule has 0 fully saturated rings. The van der Waals surface area contributed by atoms with E-state index in [1.807, 2.05) is 31.2 Å². The molecule has 0 aliphatic heterocycles.